The molecule has 1 saturated carbocycles. The number of rotatable bonds is 6. The van der Waals surface area contributed by atoms with Crippen LogP contribution in [0.15, 0.2) is 9.90 Å². The van der Waals surface area contributed by atoms with Gasteiger partial charge >= 0.3 is 0 Å². The first kappa shape index (κ1) is 15.2. The summed E-state index contributed by atoms with van der Waals surface area (Å²) in [6.45, 7) is 3.59. The van der Waals surface area contributed by atoms with Crippen molar-refractivity contribution < 1.29 is 9.26 Å². The normalized spacial score (nSPS) is 22.6. The van der Waals surface area contributed by atoms with Gasteiger partial charge in [-0.1, -0.05) is 5.16 Å². The molecule has 0 aromatic carbocycles. The van der Waals surface area contributed by atoms with Crippen molar-refractivity contribution in [3.63, 3.8) is 0 Å². The number of hydrogen-bond donors (Lipinski definition) is 0. The fourth-order valence-electron chi connectivity index (χ4n) is 3.16. The molecule has 0 bridgehead atoms. The van der Waals surface area contributed by atoms with Gasteiger partial charge in [-0.2, -0.15) is 4.98 Å². The summed E-state index contributed by atoms with van der Waals surface area (Å²) in [7, 11) is 1.71. The molecule has 1 atom stereocenters. The zero-order valence-corrected chi connectivity index (χ0v) is 14.2. The van der Waals surface area contributed by atoms with E-state index in [2.05, 4.69) is 25.4 Å². The third-order valence-electron chi connectivity index (χ3n) is 4.51. The summed E-state index contributed by atoms with van der Waals surface area (Å²) in [6, 6.07) is 0. The van der Waals surface area contributed by atoms with Gasteiger partial charge in [0.05, 0.1) is 12.3 Å². The first-order valence-corrected chi connectivity index (χ1v) is 9.18. The first-order valence-electron chi connectivity index (χ1n) is 8.30. The smallest absolute Gasteiger partial charge is 0.229 e. The van der Waals surface area contributed by atoms with Gasteiger partial charge in [0.25, 0.3) is 0 Å². The Labute approximate surface area is 139 Å². The maximum atomic E-state index is 5.42. The SMILES string of the molecule is COCc1nc(CN2CCC[C@@H](c3noc(C4CC4)n3)C2)cs1. The van der Waals surface area contributed by atoms with Crippen molar-refractivity contribution in [1.82, 2.24) is 20.0 Å². The molecular formula is C16H22N4O2S. The summed E-state index contributed by atoms with van der Waals surface area (Å²) >= 11 is 1.67. The van der Waals surface area contributed by atoms with E-state index in [1.54, 1.807) is 18.4 Å². The Balaban J connectivity index is 1.37. The van der Waals surface area contributed by atoms with Gasteiger partial charge in [-0.25, -0.2) is 4.98 Å². The number of methoxy groups -OCH3 is 1. The summed E-state index contributed by atoms with van der Waals surface area (Å²) in [4.78, 5) is 11.7. The predicted molar refractivity (Wildman–Crippen MR) is 86.4 cm³/mol. The lowest BCUT2D eigenvalue weighted by Gasteiger charge is -2.30. The molecule has 3 heterocycles. The van der Waals surface area contributed by atoms with Crippen LogP contribution in [0.3, 0.4) is 0 Å². The zero-order valence-electron chi connectivity index (χ0n) is 13.4. The Bertz CT molecular complexity index is 652. The average Bonchev–Trinajstić information content (AvgIpc) is 3.13. The maximum absolute atomic E-state index is 5.42. The average molecular weight is 334 g/mol. The van der Waals surface area contributed by atoms with Crippen LogP contribution >= 0.6 is 11.3 Å². The highest BCUT2D eigenvalue weighted by Gasteiger charge is 2.32. The lowest BCUT2D eigenvalue weighted by molar-refractivity contribution is 0.182. The van der Waals surface area contributed by atoms with Crippen LogP contribution in [0.2, 0.25) is 0 Å². The van der Waals surface area contributed by atoms with E-state index in [1.807, 2.05) is 0 Å². The van der Waals surface area contributed by atoms with E-state index in [1.165, 1.54) is 19.3 Å². The van der Waals surface area contributed by atoms with E-state index < -0.39 is 0 Å². The topological polar surface area (TPSA) is 64.3 Å². The van der Waals surface area contributed by atoms with Crippen molar-refractivity contribution in [2.45, 2.75) is 50.7 Å². The molecule has 0 amide bonds. The molecule has 1 saturated heterocycles. The summed E-state index contributed by atoms with van der Waals surface area (Å²) in [5.74, 6) is 2.66. The zero-order chi connectivity index (χ0) is 15.6. The quantitative estimate of drug-likeness (QED) is 0.809. The Kier molecular flexibility index (Phi) is 4.41. The van der Waals surface area contributed by atoms with Gasteiger partial charge in [0, 0.05) is 37.4 Å². The Morgan fingerprint density at radius 2 is 2.22 bits per heavy atom. The van der Waals surface area contributed by atoms with Crippen molar-refractivity contribution in [3.05, 3.63) is 27.8 Å². The number of aromatic nitrogens is 3. The third-order valence-corrected chi connectivity index (χ3v) is 5.38. The second kappa shape index (κ2) is 6.67. The van der Waals surface area contributed by atoms with E-state index in [0.29, 0.717) is 18.4 Å². The molecule has 0 unspecified atom stereocenters. The highest BCUT2D eigenvalue weighted by molar-refractivity contribution is 7.09. The third kappa shape index (κ3) is 3.62. The summed E-state index contributed by atoms with van der Waals surface area (Å²) in [5.41, 5.74) is 1.13. The molecule has 124 valence electrons. The van der Waals surface area contributed by atoms with Crippen molar-refractivity contribution in [1.29, 1.82) is 0 Å². The molecule has 2 aromatic rings. The minimum absolute atomic E-state index is 0.386. The number of hydrogen-bond acceptors (Lipinski definition) is 7. The Morgan fingerprint density at radius 1 is 1.30 bits per heavy atom. The molecule has 23 heavy (non-hydrogen) atoms. The molecule has 4 rings (SSSR count). The van der Waals surface area contributed by atoms with Crippen molar-refractivity contribution in [2.24, 2.45) is 0 Å². The molecule has 0 N–H and O–H groups in total. The van der Waals surface area contributed by atoms with Gasteiger partial charge in [-0.05, 0) is 32.2 Å². The van der Waals surface area contributed by atoms with Crippen LogP contribution in [0, 0.1) is 0 Å². The molecule has 2 aliphatic rings. The van der Waals surface area contributed by atoms with Crippen LogP contribution in [0.25, 0.3) is 0 Å². The van der Waals surface area contributed by atoms with E-state index in [4.69, 9.17) is 9.26 Å². The van der Waals surface area contributed by atoms with Crippen LogP contribution in [0.5, 0.6) is 0 Å². The van der Waals surface area contributed by atoms with Crippen LogP contribution in [0.4, 0.5) is 0 Å². The van der Waals surface area contributed by atoms with Crippen LogP contribution < -0.4 is 0 Å². The summed E-state index contributed by atoms with van der Waals surface area (Å²) < 4.78 is 10.6. The fourth-order valence-corrected chi connectivity index (χ4v) is 3.91. The Morgan fingerprint density at radius 3 is 3.04 bits per heavy atom. The van der Waals surface area contributed by atoms with E-state index in [9.17, 15) is 0 Å². The van der Waals surface area contributed by atoms with Crippen molar-refractivity contribution in [2.75, 3.05) is 20.2 Å². The van der Waals surface area contributed by atoms with Gasteiger partial charge < -0.3 is 9.26 Å². The van der Waals surface area contributed by atoms with Gasteiger partial charge in [0.1, 0.15) is 5.01 Å². The maximum Gasteiger partial charge on any atom is 0.229 e. The Hall–Kier alpha value is -1.31. The van der Waals surface area contributed by atoms with Gasteiger partial charge in [-0.15, -0.1) is 11.3 Å². The predicted octanol–water partition coefficient (Wildman–Crippen LogP) is 2.93. The highest BCUT2D eigenvalue weighted by Crippen LogP contribution is 2.39. The molecule has 2 fully saturated rings. The number of ether oxygens (including phenoxy) is 1. The molecular weight excluding hydrogens is 312 g/mol. The monoisotopic (exact) mass is 334 g/mol. The van der Waals surface area contributed by atoms with E-state index >= 15 is 0 Å². The van der Waals surface area contributed by atoms with Crippen LogP contribution in [-0.2, 0) is 17.9 Å². The number of piperidine rings is 1. The van der Waals surface area contributed by atoms with Crippen LogP contribution in [0.1, 0.15) is 59.9 Å². The largest absolute Gasteiger partial charge is 0.378 e. The number of nitrogens with zero attached hydrogens (tertiary/aromatic N) is 4. The molecule has 2 aromatic heterocycles. The minimum atomic E-state index is 0.386. The molecule has 1 aliphatic carbocycles. The lowest BCUT2D eigenvalue weighted by Crippen LogP contribution is -2.34. The fraction of sp³-hybridized carbons (Fsp3) is 0.688. The lowest BCUT2D eigenvalue weighted by atomic mass is 9.97. The standard InChI is InChI=1S/C16H22N4O2S/c1-21-9-14-17-13(10-23-14)8-20-6-2-3-12(7-20)15-18-16(22-19-15)11-4-5-11/h10-12H,2-9H2,1H3/t12-/m1/s1. The first-order chi connectivity index (χ1) is 11.3. The number of likely N-dealkylation sites (tertiary alicyclic amines) is 1. The van der Waals surface area contributed by atoms with E-state index in [-0.39, 0.29) is 0 Å². The van der Waals surface area contributed by atoms with Gasteiger partial charge in [-0.3, -0.25) is 4.90 Å². The molecule has 1 aliphatic heterocycles. The molecule has 7 heteroatoms. The minimum Gasteiger partial charge on any atom is -0.378 e. The second-order valence-corrected chi connectivity index (χ2v) is 7.45. The molecule has 6 nitrogen and oxygen atoms in total. The van der Waals surface area contributed by atoms with Gasteiger partial charge in [0.15, 0.2) is 5.82 Å². The number of thiazole rings is 1. The summed E-state index contributed by atoms with van der Waals surface area (Å²) in [6.07, 6.45) is 4.72. The summed E-state index contributed by atoms with van der Waals surface area (Å²) in [5, 5.41) is 7.41. The highest BCUT2D eigenvalue weighted by atomic mass is 32.1. The van der Waals surface area contributed by atoms with E-state index in [0.717, 1.165) is 48.5 Å². The molecule has 0 radical (unpaired) electrons. The van der Waals surface area contributed by atoms with Crippen LogP contribution in [-0.4, -0.2) is 40.2 Å². The molecule has 0 spiro atoms. The van der Waals surface area contributed by atoms with Crippen molar-refractivity contribution >= 4 is 11.3 Å². The van der Waals surface area contributed by atoms with Crippen molar-refractivity contribution in [3.8, 4) is 0 Å². The second-order valence-electron chi connectivity index (χ2n) is 6.50. The van der Waals surface area contributed by atoms with Gasteiger partial charge in [0.2, 0.25) is 5.89 Å².